The van der Waals surface area contributed by atoms with Gasteiger partial charge in [-0.05, 0) is 51.7 Å². The SMILES string of the molecule is COc1ccc(Cl)c(Cl)c1[C@H]1CCN(C(=O)OC(C)(C)C)[C@@H](C(O)N2CCOCC2)C1. The number of aliphatic hydroxyl groups excluding tert-OH is 1. The van der Waals surface area contributed by atoms with Crippen molar-refractivity contribution < 1.29 is 24.1 Å². The van der Waals surface area contributed by atoms with Crippen LogP contribution in [0.1, 0.15) is 45.1 Å². The van der Waals surface area contributed by atoms with Gasteiger partial charge in [-0.25, -0.2) is 4.79 Å². The largest absolute Gasteiger partial charge is 0.496 e. The number of likely N-dealkylation sites (tertiary alicyclic amines) is 1. The molecule has 9 heteroatoms. The maximum Gasteiger partial charge on any atom is 0.410 e. The molecule has 2 aliphatic heterocycles. The molecule has 2 aliphatic rings. The fourth-order valence-corrected chi connectivity index (χ4v) is 4.76. The second-order valence-electron chi connectivity index (χ2n) is 9.00. The maximum atomic E-state index is 13.0. The number of carbonyl (C=O) groups is 1. The highest BCUT2D eigenvalue weighted by Crippen LogP contribution is 2.44. The Kier molecular flexibility index (Phi) is 7.97. The van der Waals surface area contributed by atoms with Gasteiger partial charge in [-0.15, -0.1) is 0 Å². The molecule has 3 rings (SSSR count). The lowest BCUT2D eigenvalue weighted by Gasteiger charge is -2.45. The van der Waals surface area contributed by atoms with E-state index < -0.39 is 24.0 Å². The molecule has 31 heavy (non-hydrogen) atoms. The van der Waals surface area contributed by atoms with Crippen molar-refractivity contribution in [3.05, 3.63) is 27.7 Å². The summed E-state index contributed by atoms with van der Waals surface area (Å²) in [6.45, 7) is 8.24. The Labute approximate surface area is 194 Å². The van der Waals surface area contributed by atoms with E-state index in [0.29, 0.717) is 61.5 Å². The van der Waals surface area contributed by atoms with E-state index in [1.807, 2.05) is 25.7 Å². The summed E-state index contributed by atoms with van der Waals surface area (Å²) in [5.41, 5.74) is 0.196. The Bertz CT molecular complexity index is 780. The molecular weight excluding hydrogens is 443 g/mol. The van der Waals surface area contributed by atoms with Crippen molar-refractivity contribution in [3.8, 4) is 5.75 Å². The number of piperidine rings is 1. The van der Waals surface area contributed by atoms with Crippen LogP contribution in [0, 0.1) is 0 Å². The van der Waals surface area contributed by atoms with Crippen LogP contribution in [-0.4, -0.2) is 78.8 Å². The third-order valence-electron chi connectivity index (χ3n) is 5.76. The third-order valence-corrected chi connectivity index (χ3v) is 6.58. The molecule has 0 aromatic heterocycles. The topological polar surface area (TPSA) is 71.5 Å². The Hall–Kier alpha value is -1.25. The molecule has 0 spiro atoms. The van der Waals surface area contributed by atoms with Crippen molar-refractivity contribution in [3.63, 3.8) is 0 Å². The van der Waals surface area contributed by atoms with Crippen molar-refractivity contribution in [1.82, 2.24) is 9.80 Å². The Morgan fingerprint density at radius 3 is 2.52 bits per heavy atom. The first kappa shape index (κ1) is 24.4. The van der Waals surface area contributed by atoms with E-state index in [4.69, 9.17) is 37.4 Å². The predicted molar refractivity (Wildman–Crippen MR) is 120 cm³/mol. The van der Waals surface area contributed by atoms with Gasteiger partial charge in [-0.2, -0.15) is 0 Å². The van der Waals surface area contributed by atoms with Gasteiger partial charge in [0.1, 0.15) is 17.6 Å². The predicted octanol–water partition coefficient (Wildman–Crippen LogP) is 4.14. The fourth-order valence-electron chi connectivity index (χ4n) is 4.28. The van der Waals surface area contributed by atoms with Gasteiger partial charge in [0.25, 0.3) is 0 Å². The number of aliphatic hydroxyl groups is 1. The highest BCUT2D eigenvalue weighted by molar-refractivity contribution is 6.42. The Morgan fingerprint density at radius 2 is 1.90 bits per heavy atom. The van der Waals surface area contributed by atoms with Gasteiger partial charge in [0, 0.05) is 25.2 Å². The molecule has 2 saturated heterocycles. The minimum Gasteiger partial charge on any atom is -0.496 e. The number of hydrogen-bond donors (Lipinski definition) is 1. The van der Waals surface area contributed by atoms with Crippen LogP contribution in [0.15, 0.2) is 12.1 Å². The number of hydrogen-bond acceptors (Lipinski definition) is 6. The van der Waals surface area contributed by atoms with Crippen molar-refractivity contribution in [2.75, 3.05) is 40.0 Å². The molecule has 1 aromatic rings. The molecule has 174 valence electrons. The normalized spacial score (nSPS) is 24.0. The molecule has 0 bridgehead atoms. The summed E-state index contributed by atoms with van der Waals surface area (Å²) in [5, 5.41) is 12.2. The quantitative estimate of drug-likeness (QED) is 0.706. The van der Waals surface area contributed by atoms with Crippen molar-refractivity contribution in [2.45, 2.75) is 57.4 Å². The lowest BCUT2D eigenvalue weighted by atomic mass is 9.84. The molecule has 7 nitrogen and oxygen atoms in total. The smallest absolute Gasteiger partial charge is 0.410 e. The fraction of sp³-hybridized carbons (Fsp3) is 0.682. The molecular formula is C22H32Cl2N2O5. The average molecular weight is 475 g/mol. The highest BCUT2D eigenvalue weighted by atomic mass is 35.5. The van der Waals surface area contributed by atoms with Gasteiger partial charge in [-0.3, -0.25) is 4.90 Å². The number of halogens is 2. The van der Waals surface area contributed by atoms with Crippen LogP contribution in [0.3, 0.4) is 0 Å². The summed E-state index contributed by atoms with van der Waals surface area (Å²) in [7, 11) is 1.60. The number of methoxy groups -OCH3 is 1. The molecule has 1 aromatic carbocycles. The number of rotatable bonds is 4. The summed E-state index contributed by atoms with van der Waals surface area (Å²) < 4.78 is 16.6. The molecule has 2 heterocycles. The number of carbonyl (C=O) groups excluding carboxylic acids is 1. The first-order chi connectivity index (χ1) is 14.6. The standard InChI is InChI=1S/C22H32Cl2N2O5/c1-22(2,3)31-21(28)26-8-7-14(18-17(29-4)6-5-15(23)19(18)24)13-16(26)20(27)25-9-11-30-12-10-25/h5-6,14,16,20,27H,7-13H2,1-4H3/t14-,16+,20?/m0/s1. The van der Waals surface area contributed by atoms with Crippen LogP contribution in [0.2, 0.25) is 10.0 Å². The second-order valence-corrected chi connectivity index (χ2v) is 9.79. The number of benzene rings is 1. The van der Waals surface area contributed by atoms with Crippen LogP contribution < -0.4 is 4.74 Å². The second kappa shape index (κ2) is 10.1. The van der Waals surface area contributed by atoms with Crippen LogP contribution in [0.25, 0.3) is 0 Å². The maximum absolute atomic E-state index is 13.0. The van der Waals surface area contributed by atoms with Crippen LogP contribution >= 0.6 is 23.2 Å². The van der Waals surface area contributed by atoms with Gasteiger partial charge in [0.05, 0.1) is 36.4 Å². The summed E-state index contributed by atoms with van der Waals surface area (Å²) in [6.07, 6.45) is -0.105. The van der Waals surface area contributed by atoms with Crippen molar-refractivity contribution in [2.24, 2.45) is 0 Å². The molecule has 2 fully saturated rings. The zero-order valence-corrected chi connectivity index (χ0v) is 20.1. The first-order valence-corrected chi connectivity index (χ1v) is 11.4. The molecule has 0 aliphatic carbocycles. The van der Waals surface area contributed by atoms with E-state index in [1.54, 1.807) is 24.1 Å². The molecule has 3 atom stereocenters. The number of nitrogens with zero attached hydrogens (tertiary/aromatic N) is 2. The first-order valence-electron chi connectivity index (χ1n) is 10.6. The van der Waals surface area contributed by atoms with Gasteiger partial charge in [0.15, 0.2) is 0 Å². The van der Waals surface area contributed by atoms with E-state index >= 15 is 0 Å². The molecule has 0 saturated carbocycles. The molecule has 0 radical (unpaired) electrons. The average Bonchev–Trinajstić information content (AvgIpc) is 2.74. The number of amides is 1. The van der Waals surface area contributed by atoms with E-state index in [0.717, 1.165) is 5.56 Å². The van der Waals surface area contributed by atoms with E-state index in [-0.39, 0.29) is 5.92 Å². The van der Waals surface area contributed by atoms with Gasteiger partial charge < -0.3 is 24.2 Å². The summed E-state index contributed by atoms with van der Waals surface area (Å²) >= 11 is 12.9. The third kappa shape index (κ3) is 5.76. The number of morpholine rings is 1. The zero-order chi connectivity index (χ0) is 22.8. The summed E-state index contributed by atoms with van der Waals surface area (Å²) in [4.78, 5) is 16.6. The zero-order valence-electron chi connectivity index (χ0n) is 18.6. The van der Waals surface area contributed by atoms with Gasteiger partial charge in [0.2, 0.25) is 0 Å². The molecule has 1 amide bonds. The van der Waals surface area contributed by atoms with E-state index in [2.05, 4.69) is 0 Å². The van der Waals surface area contributed by atoms with E-state index in [9.17, 15) is 9.90 Å². The Morgan fingerprint density at radius 1 is 1.23 bits per heavy atom. The lowest BCUT2D eigenvalue weighted by molar-refractivity contribution is -0.106. The Balaban J connectivity index is 1.90. The van der Waals surface area contributed by atoms with Gasteiger partial charge >= 0.3 is 6.09 Å². The van der Waals surface area contributed by atoms with Crippen molar-refractivity contribution >= 4 is 29.3 Å². The minimum absolute atomic E-state index is 0.0273. The van der Waals surface area contributed by atoms with Crippen LogP contribution in [0.5, 0.6) is 5.75 Å². The van der Waals surface area contributed by atoms with Crippen LogP contribution in [-0.2, 0) is 9.47 Å². The van der Waals surface area contributed by atoms with E-state index in [1.165, 1.54) is 0 Å². The summed E-state index contributed by atoms with van der Waals surface area (Å²) in [6, 6.07) is 3.05. The highest BCUT2D eigenvalue weighted by Gasteiger charge is 2.42. The minimum atomic E-state index is -0.844. The van der Waals surface area contributed by atoms with Crippen molar-refractivity contribution in [1.29, 1.82) is 0 Å². The summed E-state index contributed by atoms with van der Waals surface area (Å²) in [5.74, 6) is 0.630. The van der Waals surface area contributed by atoms with Gasteiger partial charge in [-0.1, -0.05) is 23.2 Å². The lowest BCUT2D eigenvalue weighted by Crippen LogP contribution is -2.59. The molecule has 1 N–H and O–H groups in total. The monoisotopic (exact) mass is 474 g/mol. The van der Waals surface area contributed by atoms with Crippen LogP contribution in [0.4, 0.5) is 4.79 Å². The number of ether oxygens (including phenoxy) is 3. The molecule has 1 unspecified atom stereocenters.